The number of methoxy groups -OCH3 is 2. The summed E-state index contributed by atoms with van der Waals surface area (Å²) < 4.78 is 11.7. The number of ether oxygens (including phenoxy) is 2. The highest BCUT2D eigenvalue weighted by molar-refractivity contribution is 5.17. The second-order valence-electron chi connectivity index (χ2n) is 4.20. The molecule has 0 aliphatic carbocycles. The van der Waals surface area contributed by atoms with Gasteiger partial charge >= 0.3 is 0 Å². The molecule has 1 N–H and O–H groups in total. The zero-order chi connectivity index (χ0) is 14.9. The smallest absolute Gasteiger partial charge is 0.156 e. The number of hydrogen-bond acceptors (Lipinski definition) is 4. The predicted octanol–water partition coefficient (Wildman–Crippen LogP) is 2.99. The Morgan fingerprint density at radius 2 is 1.77 bits per heavy atom. The third-order valence-corrected chi connectivity index (χ3v) is 2.74. The van der Waals surface area contributed by atoms with Gasteiger partial charge in [-0.2, -0.15) is 10.2 Å². The van der Waals surface area contributed by atoms with Gasteiger partial charge in [-0.25, -0.2) is 0 Å². The summed E-state index contributed by atoms with van der Waals surface area (Å²) in [6, 6.07) is 10.2. The Kier molecular flexibility index (Phi) is 7.25. The molecule has 3 rings (SSSR count). The summed E-state index contributed by atoms with van der Waals surface area (Å²) in [5, 5.41) is 10.4. The van der Waals surface area contributed by atoms with Gasteiger partial charge in [0.1, 0.15) is 0 Å². The van der Waals surface area contributed by atoms with E-state index in [4.69, 9.17) is 9.47 Å². The number of H-pyrrole nitrogens is 1. The Morgan fingerprint density at radius 1 is 1.05 bits per heavy atom. The van der Waals surface area contributed by atoms with Gasteiger partial charge in [-0.15, -0.1) is 0 Å². The van der Waals surface area contributed by atoms with Crippen molar-refractivity contribution in [2.45, 2.75) is 14.0 Å². The first-order valence-corrected chi connectivity index (χ1v) is 6.45. The summed E-state index contributed by atoms with van der Waals surface area (Å²) in [4.78, 5) is 0. The van der Waals surface area contributed by atoms with Crippen LogP contribution in [0.4, 0.5) is 0 Å². The Bertz CT molecular complexity index is 621. The van der Waals surface area contributed by atoms with Gasteiger partial charge in [-0.05, 0) is 5.56 Å². The Hall–Kier alpha value is -2.76. The zero-order valence-electron chi connectivity index (χ0n) is 12.1. The number of benzene rings is 1. The lowest BCUT2D eigenvalue weighted by Crippen LogP contribution is -1.99. The monoisotopic (exact) mass is 302 g/mol. The maximum absolute atomic E-state index is 5.05. The standard InChI is InChI=1S/C11H12N2O.C4H6N2O.CH4/c1-14-11-7-12-13(9-11)8-10-5-3-2-4-6-10;1-7-4-2-5-6-3-4;/h2-7,9H,8H2,1H3;2-3H,1H3,(H,5,6);1H4. The van der Waals surface area contributed by atoms with E-state index in [1.807, 2.05) is 29.1 Å². The van der Waals surface area contributed by atoms with E-state index in [0.717, 1.165) is 18.0 Å². The van der Waals surface area contributed by atoms with Gasteiger partial charge in [0.25, 0.3) is 0 Å². The van der Waals surface area contributed by atoms with Crippen LogP contribution in [-0.4, -0.2) is 34.2 Å². The van der Waals surface area contributed by atoms with Gasteiger partial charge in [-0.1, -0.05) is 37.8 Å². The zero-order valence-corrected chi connectivity index (χ0v) is 12.1. The van der Waals surface area contributed by atoms with E-state index in [9.17, 15) is 0 Å². The highest BCUT2D eigenvalue weighted by Crippen LogP contribution is 2.08. The largest absolute Gasteiger partial charge is 0.493 e. The number of aromatic nitrogens is 4. The SMILES string of the molecule is C.COc1cn[nH]c1.COc1cnn(Cc2ccccc2)c1. The number of nitrogens with one attached hydrogen (secondary N) is 1. The fourth-order valence-corrected chi connectivity index (χ4v) is 1.66. The first-order valence-electron chi connectivity index (χ1n) is 6.45. The molecule has 2 heterocycles. The Labute approximate surface area is 130 Å². The van der Waals surface area contributed by atoms with E-state index in [1.165, 1.54) is 5.56 Å². The minimum absolute atomic E-state index is 0. The Balaban J connectivity index is 0.000000258. The van der Waals surface area contributed by atoms with Crippen LogP contribution >= 0.6 is 0 Å². The van der Waals surface area contributed by atoms with Crippen molar-refractivity contribution < 1.29 is 9.47 Å². The summed E-state index contributed by atoms with van der Waals surface area (Å²) in [5.74, 6) is 1.56. The van der Waals surface area contributed by atoms with Crippen LogP contribution in [0.2, 0.25) is 0 Å². The fourth-order valence-electron chi connectivity index (χ4n) is 1.66. The molecule has 2 aromatic heterocycles. The second-order valence-corrected chi connectivity index (χ2v) is 4.20. The van der Waals surface area contributed by atoms with Crippen molar-refractivity contribution in [1.29, 1.82) is 0 Å². The lowest BCUT2D eigenvalue weighted by molar-refractivity contribution is 0.414. The molecule has 0 saturated carbocycles. The molecule has 6 nitrogen and oxygen atoms in total. The molecule has 0 aliphatic heterocycles. The van der Waals surface area contributed by atoms with Crippen LogP contribution in [0.5, 0.6) is 11.5 Å². The number of aromatic amines is 1. The number of nitrogens with zero attached hydrogens (tertiary/aromatic N) is 3. The van der Waals surface area contributed by atoms with E-state index in [-0.39, 0.29) is 7.43 Å². The molecule has 0 unspecified atom stereocenters. The van der Waals surface area contributed by atoms with Crippen molar-refractivity contribution in [1.82, 2.24) is 20.0 Å². The van der Waals surface area contributed by atoms with Crippen molar-refractivity contribution in [3.63, 3.8) is 0 Å². The minimum atomic E-state index is 0. The molecule has 0 aliphatic rings. The van der Waals surface area contributed by atoms with Gasteiger partial charge in [0, 0.05) is 0 Å². The maximum atomic E-state index is 5.05. The van der Waals surface area contributed by atoms with Crippen LogP contribution in [-0.2, 0) is 6.54 Å². The van der Waals surface area contributed by atoms with Crippen LogP contribution in [0.15, 0.2) is 55.1 Å². The van der Waals surface area contributed by atoms with E-state index in [1.54, 1.807) is 32.8 Å². The molecule has 0 saturated heterocycles. The Morgan fingerprint density at radius 3 is 2.27 bits per heavy atom. The minimum Gasteiger partial charge on any atom is -0.493 e. The van der Waals surface area contributed by atoms with E-state index < -0.39 is 0 Å². The molecule has 6 heteroatoms. The number of rotatable bonds is 4. The van der Waals surface area contributed by atoms with Crippen molar-refractivity contribution >= 4 is 0 Å². The average Bonchev–Trinajstić information content (AvgIpc) is 3.20. The molecule has 0 bridgehead atoms. The lowest BCUT2D eigenvalue weighted by atomic mass is 10.2. The highest BCUT2D eigenvalue weighted by Gasteiger charge is 1.97. The van der Waals surface area contributed by atoms with Gasteiger partial charge < -0.3 is 9.47 Å². The topological polar surface area (TPSA) is 65.0 Å². The third-order valence-electron chi connectivity index (χ3n) is 2.74. The van der Waals surface area contributed by atoms with Crippen molar-refractivity contribution in [2.75, 3.05) is 14.2 Å². The van der Waals surface area contributed by atoms with Crippen LogP contribution in [0, 0.1) is 0 Å². The van der Waals surface area contributed by atoms with Crippen LogP contribution < -0.4 is 9.47 Å². The predicted molar refractivity (Wildman–Crippen MR) is 86.2 cm³/mol. The summed E-state index contributed by atoms with van der Waals surface area (Å²) >= 11 is 0. The van der Waals surface area contributed by atoms with Gasteiger partial charge in [-0.3, -0.25) is 9.78 Å². The molecule has 0 amide bonds. The fraction of sp³-hybridized carbons (Fsp3) is 0.250. The van der Waals surface area contributed by atoms with Gasteiger partial charge in [0.2, 0.25) is 0 Å². The van der Waals surface area contributed by atoms with E-state index in [2.05, 4.69) is 27.4 Å². The highest BCUT2D eigenvalue weighted by atomic mass is 16.5. The molecule has 1 aromatic carbocycles. The van der Waals surface area contributed by atoms with Crippen molar-refractivity contribution in [3.05, 3.63) is 60.7 Å². The molecule has 3 aromatic rings. The normalized spacial score (nSPS) is 9.18. The van der Waals surface area contributed by atoms with Crippen LogP contribution in [0.3, 0.4) is 0 Å². The molecule has 22 heavy (non-hydrogen) atoms. The summed E-state index contributed by atoms with van der Waals surface area (Å²) in [6.07, 6.45) is 6.88. The second kappa shape index (κ2) is 9.23. The first kappa shape index (κ1) is 17.3. The molecule has 0 radical (unpaired) electrons. The molecule has 118 valence electrons. The van der Waals surface area contributed by atoms with Gasteiger partial charge in [0.15, 0.2) is 11.5 Å². The third kappa shape index (κ3) is 5.32. The quantitative estimate of drug-likeness (QED) is 0.804. The van der Waals surface area contributed by atoms with E-state index in [0.29, 0.717) is 0 Å². The summed E-state index contributed by atoms with van der Waals surface area (Å²) in [7, 11) is 3.24. The summed E-state index contributed by atoms with van der Waals surface area (Å²) in [5.41, 5.74) is 1.23. The van der Waals surface area contributed by atoms with Crippen LogP contribution in [0.1, 0.15) is 13.0 Å². The maximum Gasteiger partial charge on any atom is 0.156 e. The lowest BCUT2D eigenvalue weighted by Gasteiger charge is -2.00. The first-order chi connectivity index (χ1) is 10.3. The van der Waals surface area contributed by atoms with Crippen molar-refractivity contribution in [3.8, 4) is 11.5 Å². The number of hydrogen-bond donors (Lipinski definition) is 1. The molecular formula is C16H22N4O2. The van der Waals surface area contributed by atoms with E-state index >= 15 is 0 Å². The molecule has 0 fully saturated rings. The van der Waals surface area contributed by atoms with Crippen molar-refractivity contribution in [2.24, 2.45) is 0 Å². The summed E-state index contributed by atoms with van der Waals surface area (Å²) in [6.45, 7) is 0.782. The molecule has 0 spiro atoms. The average molecular weight is 302 g/mol. The molecular weight excluding hydrogens is 280 g/mol. The molecule has 0 atom stereocenters. The van der Waals surface area contributed by atoms with Gasteiger partial charge in [0.05, 0.1) is 45.6 Å². The van der Waals surface area contributed by atoms with Crippen LogP contribution in [0.25, 0.3) is 0 Å².